The molecular formula is C26H27FN2O4. The first-order valence-electron chi connectivity index (χ1n) is 11.0. The molecule has 4 rings (SSSR count). The third-order valence-electron chi connectivity index (χ3n) is 5.94. The first kappa shape index (κ1) is 22.7. The lowest BCUT2D eigenvalue weighted by molar-refractivity contribution is 0.0592. The molecule has 6 nitrogen and oxygen atoms in total. The van der Waals surface area contributed by atoms with Crippen LogP contribution < -0.4 is 10.3 Å². The number of hydrogen-bond acceptors (Lipinski definition) is 5. The molecule has 0 saturated carbocycles. The standard InChI is InChI=1S/C26H27FN2O4/c1-32-26(31)25-22-12-14-28(13-11-19-5-3-2-4-6-19)15-16-29(22)24(30)17-23(25)33-18-20-7-9-21(27)10-8-20/h2-10,17H,11-16,18H2,1H3. The van der Waals surface area contributed by atoms with Crippen LogP contribution >= 0.6 is 0 Å². The van der Waals surface area contributed by atoms with E-state index in [9.17, 15) is 14.0 Å². The van der Waals surface area contributed by atoms with Gasteiger partial charge < -0.3 is 18.9 Å². The highest BCUT2D eigenvalue weighted by Gasteiger charge is 2.26. The van der Waals surface area contributed by atoms with Crippen LogP contribution in [0.2, 0.25) is 0 Å². The second kappa shape index (κ2) is 10.4. The van der Waals surface area contributed by atoms with Crippen LogP contribution in [0.15, 0.2) is 65.5 Å². The van der Waals surface area contributed by atoms with Crippen LogP contribution in [0.3, 0.4) is 0 Å². The fourth-order valence-corrected chi connectivity index (χ4v) is 4.13. The highest BCUT2D eigenvalue weighted by Crippen LogP contribution is 2.25. The molecule has 1 aromatic heterocycles. The Kier molecular flexibility index (Phi) is 7.19. The lowest BCUT2D eigenvalue weighted by atomic mass is 10.1. The molecule has 172 valence electrons. The van der Waals surface area contributed by atoms with E-state index >= 15 is 0 Å². The molecule has 0 radical (unpaired) electrons. The third-order valence-corrected chi connectivity index (χ3v) is 5.94. The van der Waals surface area contributed by atoms with Crippen LogP contribution in [-0.4, -0.2) is 42.2 Å². The highest BCUT2D eigenvalue weighted by molar-refractivity contribution is 5.93. The summed E-state index contributed by atoms with van der Waals surface area (Å²) < 4.78 is 25.7. The van der Waals surface area contributed by atoms with Gasteiger partial charge in [-0.3, -0.25) is 4.79 Å². The highest BCUT2D eigenvalue weighted by atomic mass is 19.1. The maximum absolute atomic E-state index is 13.2. The molecule has 0 amide bonds. The predicted molar refractivity (Wildman–Crippen MR) is 123 cm³/mol. The van der Waals surface area contributed by atoms with Gasteiger partial charge in [-0.1, -0.05) is 42.5 Å². The number of ether oxygens (including phenoxy) is 2. The lowest BCUT2D eigenvalue weighted by Gasteiger charge is -2.19. The summed E-state index contributed by atoms with van der Waals surface area (Å²) in [7, 11) is 1.32. The summed E-state index contributed by atoms with van der Waals surface area (Å²) in [5, 5.41) is 0. The SMILES string of the molecule is COC(=O)c1c(OCc2ccc(F)cc2)cc(=O)n2c1CCN(CCc1ccccc1)CC2. The van der Waals surface area contributed by atoms with Gasteiger partial charge in [-0.15, -0.1) is 0 Å². The lowest BCUT2D eigenvalue weighted by Crippen LogP contribution is -2.30. The van der Waals surface area contributed by atoms with E-state index in [1.54, 1.807) is 16.7 Å². The van der Waals surface area contributed by atoms with E-state index in [-0.39, 0.29) is 29.3 Å². The van der Waals surface area contributed by atoms with Gasteiger partial charge in [0.1, 0.15) is 23.7 Å². The van der Waals surface area contributed by atoms with Gasteiger partial charge in [-0.25, -0.2) is 9.18 Å². The van der Waals surface area contributed by atoms with E-state index in [0.717, 1.165) is 31.6 Å². The number of halogens is 1. The Morgan fingerprint density at radius 3 is 2.48 bits per heavy atom. The molecule has 0 fully saturated rings. The molecular weight excluding hydrogens is 423 g/mol. The normalized spacial score (nSPS) is 13.8. The summed E-state index contributed by atoms with van der Waals surface area (Å²) in [6.45, 7) is 2.91. The number of hydrogen-bond donors (Lipinski definition) is 0. The molecule has 0 aliphatic carbocycles. The minimum Gasteiger partial charge on any atom is -0.488 e. The largest absolute Gasteiger partial charge is 0.488 e. The maximum Gasteiger partial charge on any atom is 0.343 e. The molecule has 2 heterocycles. The molecule has 0 N–H and O–H groups in total. The van der Waals surface area contributed by atoms with Crippen molar-refractivity contribution in [1.29, 1.82) is 0 Å². The first-order valence-corrected chi connectivity index (χ1v) is 11.0. The minimum absolute atomic E-state index is 0.108. The van der Waals surface area contributed by atoms with Crippen molar-refractivity contribution in [3.05, 3.63) is 99.2 Å². The van der Waals surface area contributed by atoms with Gasteiger partial charge >= 0.3 is 5.97 Å². The molecule has 0 bridgehead atoms. The summed E-state index contributed by atoms with van der Waals surface area (Å²) in [5.74, 6) is -0.681. The van der Waals surface area contributed by atoms with Crippen molar-refractivity contribution in [2.45, 2.75) is 26.0 Å². The van der Waals surface area contributed by atoms with Gasteiger partial charge in [0, 0.05) is 44.4 Å². The molecule has 0 saturated heterocycles. The summed E-state index contributed by atoms with van der Waals surface area (Å²) in [4.78, 5) is 27.9. The van der Waals surface area contributed by atoms with E-state index in [1.165, 1.54) is 30.9 Å². The fourth-order valence-electron chi connectivity index (χ4n) is 4.13. The zero-order valence-electron chi connectivity index (χ0n) is 18.6. The molecule has 1 aliphatic heterocycles. The summed E-state index contributed by atoms with van der Waals surface area (Å²) in [6, 6.07) is 17.5. The minimum atomic E-state index is -0.536. The fraction of sp³-hybridized carbons (Fsp3) is 0.308. The summed E-state index contributed by atoms with van der Waals surface area (Å²) in [6.07, 6.45) is 1.45. The number of nitrogens with zero attached hydrogens (tertiary/aromatic N) is 2. The van der Waals surface area contributed by atoms with Crippen LogP contribution in [0.25, 0.3) is 0 Å². The Hall–Kier alpha value is -3.45. The maximum atomic E-state index is 13.2. The molecule has 33 heavy (non-hydrogen) atoms. The van der Waals surface area contributed by atoms with Crippen LogP contribution in [0.1, 0.15) is 27.2 Å². The zero-order chi connectivity index (χ0) is 23.2. The smallest absolute Gasteiger partial charge is 0.343 e. The number of benzene rings is 2. The Labute approximate surface area is 192 Å². The quantitative estimate of drug-likeness (QED) is 0.516. The number of fused-ring (bicyclic) bond motifs is 1. The topological polar surface area (TPSA) is 60.8 Å². The second-order valence-electron chi connectivity index (χ2n) is 8.05. The number of aromatic nitrogens is 1. The molecule has 2 aromatic carbocycles. The van der Waals surface area contributed by atoms with Crippen LogP contribution in [0.5, 0.6) is 5.75 Å². The number of carbonyl (C=O) groups excluding carboxylic acids is 1. The molecule has 0 spiro atoms. The van der Waals surface area contributed by atoms with E-state index in [0.29, 0.717) is 18.7 Å². The summed E-state index contributed by atoms with van der Waals surface area (Å²) in [5.41, 5.74) is 2.70. The van der Waals surface area contributed by atoms with Crippen LogP contribution in [0, 0.1) is 5.82 Å². The monoisotopic (exact) mass is 450 g/mol. The molecule has 7 heteroatoms. The Balaban J connectivity index is 1.55. The molecule has 1 aliphatic rings. The van der Waals surface area contributed by atoms with Gasteiger partial charge in [-0.2, -0.15) is 0 Å². The van der Waals surface area contributed by atoms with E-state index < -0.39 is 5.97 Å². The Morgan fingerprint density at radius 2 is 1.76 bits per heavy atom. The average molecular weight is 451 g/mol. The summed E-state index contributed by atoms with van der Waals surface area (Å²) >= 11 is 0. The number of pyridine rings is 1. The van der Waals surface area contributed by atoms with Crippen molar-refractivity contribution in [3.63, 3.8) is 0 Å². The average Bonchev–Trinajstić information content (AvgIpc) is 3.06. The van der Waals surface area contributed by atoms with Crippen molar-refractivity contribution >= 4 is 5.97 Å². The first-order chi connectivity index (χ1) is 16.0. The Morgan fingerprint density at radius 1 is 1.00 bits per heavy atom. The van der Waals surface area contributed by atoms with Crippen molar-refractivity contribution in [2.24, 2.45) is 0 Å². The van der Waals surface area contributed by atoms with Gasteiger partial charge in [0.05, 0.1) is 7.11 Å². The van der Waals surface area contributed by atoms with Gasteiger partial charge in [0.25, 0.3) is 5.56 Å². The van der Waals surface area contributed by atoms with E-state index in [1.807, 2.05) is 18.2 Å². The van der Waals surface area contributed by atoms with Gasteiger partial charge in [-0.05, 0) is 29.7 Å². The van der Waals surface area contributed by atoms with Crippen LogP contribution in [-0.2, 0) is 30.7 Å². The number of esters is 1. The third kappa shape index (κ3) is 5.49. The molecule has 3 aromatic rings. The number of methoxy groups -OCH3 is 1. The molecule has 0 unspecified atom stereocenters. The predicted octanol–water partition coefficient (Wildman–Crippen LogP) is 3.45. The molecule has 0 atom stereocenters. The zero-order valence-corrected chi connectivity index (χ0v) is 18.6. The number of rotatable bonds is 7. The number of carbonyl (C=O) groups is 1. The van der Waals surface area contributed by atoms with Gasteiger partial charge in [0.15, 0.2) is 0 Å². The second-order valence-corrected chi connectivity index (χ2v) is 8.05. The Bertz CT molecular complexity index is 1160. The van der Waals surface area contributed by atoms with Gasteiger partial charge in [0.2, 0.25) is 0 Å². The van der Waals surface area contributed by atoms with Crippen molar-refractivity contribution in [2.75, 3.05) is 26.7 Å². The van der Waals surface area contributed by atoms with Crippen molar-refractivity contribution in [3.8, 4) is 5.75 Å². The van der Waals surface area contributed by atoms with Crippen molar-refractivity contribution < 1.29 is 18.7 Å². The van der Waals surface area contributed by atoms with E-state index in [2.05, 4.69) is 17.0 Å². The van der Waals surface area contributed by atoms with Crippen molar-refractivity contribution in [1.82, 2.24) is 9.47 Å². The van der Waals surface area contributed by atoms with E-state index in [4.69, 9.17) is 9.47 Å². The van der Waals surface area contributed by atoms with Crippen LogP contribution in [0.4, 0.5) is 4.39 Å².